The maximum atomic E-state index is 13.3. The highest BCUT2D eigenvalue weighted by Gasteiger charge is 2.58. The number of benzene rings is 1. The summed E-state index contributed by atoms with van der Waals surface area (Å²) in [6.07, 6.45) is -5.23. The van der Waals surface area contributed by atoms with Gasteiger partial charge in [-0.15, -0.1) is 0 Å². The smallest absolute Gasteiger partial charge is 0.422 e. The predicted molar refractivity (Wildman–Crippen MR) is 63.5 cm³/mol. The summed E-state index contributed by atoms with van der Waals surface area (Å²) >= 11 is 0. The van der Waals surface area contributed by atoms with Gasteiger partial charge in [-0.25, -0.2) is 9.18 Å². The van der Waals surface area contributed by atoms with Crippen molar-refractivity contribution in [2.24, 2.45) is 0 Å². The number of hydrogen-bond donors (Lipinski definition) is 2. The SMILES string of the molecule is Cc1cc(NC(C)(C(=O)O)C(F)(F)F)c([N+](=O)[O-])cc1F. The number of hydrogen-bond acceptors (Lipinski definition) is 4. The maximum Gasteiger partial charge on any atom is 0.422 e. The van der Waals surface area contributed by atoms with Crippen molar-refractivity contribution < 1.29 is 32.4 Å². The predicted octanol–water partition coefficient (Wildman–Crippen LogP) is 2.86. The molecular weight excluding hydrogens is 300 g/mol. The van der Waals surface area contributed by atoms with Gasteiger partial charge in [0.25, 0.3) is 5.69 Å². The topological polar surface area (TPSA) is 92.5 Å². The zero-order valence-corrected chi connectivity index (χ0v) is 10.8. The molecule has 0 aliphatic heterocycles. The highest BCUT2D eigenvalue weighted by atomic mass is 19.4. The van der Waals surface area contributed by atoms with Crippen LogP contribution in [0.1, 0.15) is 12.5 Å². The van der Waals surface area contributed by atoms with Crippen LogP contribution in [0.5, 0.6) is 0 Å². The first kappa shape index (κ1) is 16.7. The van der Waals surface area contributed by atoms with Gasteiger partial charge >= 0.3 is 12.1 Å². The molecule has 1 atom stereocenters. The number of nitrogens with zero attached hydrogens (tertiary/aromatic N) is 1. The summed E-state index contributed by atoms with van der Waals surface area (Å²) in [7, 11) is 0. The van der Waals surface area contributed by atoms with Crippen molar-refractivity contribution in [3.63, 3.8) is 0 Å². The summed E-state index contributed by atoms with van der Waals surface area (Å²) in [5, 5.41) is 21.1. The van der Waals surface area contributed by atoms with E-state index in [4.69, 9.17) is 5.11 Å². The molecule has 0 fully saturated rings. The first-order valence-corrected chi connectivity index (χ1v) is 5.43. The van der Waals surface area contributed by atoms with Gasteiger partial charge in [0.2, 0.25) is 5.54 Å². The third-order valence-corrected chi connectivity index (χ3v) is 2.85. The van der Waals surface area contributed by atoms with E-state index in [1.165, 1.54) is 6.92 Å². The molecule has 0 bridgehead atoms. The zero-order chi connectivity index (χ0) is 16.6. The second kappa shape index (κ2) is 5.19. The van der Waals surface area contributed by atoms with Gasteiger partial charge in [0.15, 0.2) is 0 Å². The van der Waals surface area contributed by atoms with Crippen molar-refractivity contribution in [1.29, 1.82) is 0 Å². The fourth-order valence-electron chi connectivity index (χ4n) is 1.44. The molecule has 1 aromatic carbocycles. The minimum absolute atomic E-state index is 0.169. The molecule has 0 heterocycles. The Morgan fingerprint density at radius 3 is 2.29 bits per heavy atom. The van der Waals surface area contributed by atoms with Crippen LogP contribution in [0.25, 0.3) is 0 Å². The van der Waals surface area contributed by atoms with Gasteiger partial charge in [0.05, 0.1) is 11.0 Å². The lowest BCUT2D eigenvalue weighted by molar-refractivity contribution is -0.384. The van der Waals surface area contributed by atoms with Crippen LogP contribution in [0.3, 0.4) is 0 Å². The quantitative estimate of drug-likeness (QED) is 0.507. The zero-order valence-electron chi connectivity index (χ0n) is 10.8. The second-order valence-corrected chi connectivity index (χ2v) is 4.43. The number of carbonyl (C=O) groups is 1. The van der Waals surface area contributed by atoms with Crippen molar-refractivity contribution in [3.8, 4) is 0 Å². The number of carboxylic acids is 1. The van der Waals surface area contributed by atoms with Crippen LogP contribution in [-0.2, 0) is 4.79 Å². The number of alkyl halides is 3. The molecule has 10 heteroatoms. The molecule has 0 aliphatic carbocycles. The van der Waals surface area contributed by atoms with E-state index in [-0.39, 0.29) is 5.56 Å². The molecule has 0 saturated heterocycles. The van der Waals surface area contributed by atoms with E-state index in [9.17, 15) is 32.5 Å². The Morgan fingerprint density at radius 1 is 1.38 bits per heavy atom. The van der Waals surface area contributed by atoms with Crippen molar-refractivity contribution >= 4 is 17.3 Å². The van der Waals surface area contributed by atoms with Crippen molar-refractivity contribution in [3.05, 3.63) is 33.6 Å². The number of aryl methyl sites for hydroxylation is 1. The molecule has 6 nitrogen and oxygen atoms in total. The highest BCUT2D eigenvalue weighted by molar-refractivity contribution is 5.84. The fraction of sp³-hybridized carbons (Fsp3) is 0.364. The number of aliphatic carboxylic acids is 1. The van der Waals surface area contributed by atoms with Crippen LogP contribution < -0.4 is 5.32 Å². The number of nitro benzene ring substituents is 1. The summed E-state index contributed by atoms with van der Waals surface area (Å²) in [6.45, 7) is 1.49. The minimum atomic E-state index is -5.23. The van der Waals surface area contributed by atoms with Crippen molar-refractivity contribution in [1.82, 2.24) is 0 Å². The number of nitro groups is 1. The first-order chi connectivity index (χ1) is 9.40. The average Bonchev–Trinajstić information content (AvgIpc) is 2.31. The Morgan fingerprint density at radius 2 is 1.90 bits per heavy atom. The van der Waals surface area contributed by atoms with E-state index in [1.54, 1.807) is 5.32 Å². The van der Waals surface area contributed by atoms with E-state index < -0.39 is 39.8 Å². The molecule has 0 saturated carbocycles. The minimum Gasteiger partial charge on any atom is -0.479 e. The summed E-state index contributed by atoms with van der Waals surface area (Å²) in [5.41, 5.74) is -5.35. The Labute approximate surface area is 115 Å². The standard InChI is InChI=1S/C11H10F4N2O4/c1-5-3-7(8(17(20)21)4-6(5)12)16-10(2,9(18)19)11(13,14)15/h3-4,16H,1-2H3,(H,18,19). The third kappa shape index (κ3) is 3.03. The van der Waals surface area contributed by atoms with E-state index in [2.05, 4.69) is 0 Å². The molecule has 21 heavy (non-hydrogen) atoms. The lowest BCUT2D eigenvalue weighted by Crippen LogP contribution is -2.55. The Bertz CT molecular complexity index is 603. The molecule has 2 N–H and O–H groups in total. The molecule has 1 unspecified atom stereocenters. The third-order valence-electron chi connectivity index (χ3n) is 2.85. The normalized spacial score (nSPS) is 14.4. The van der Waals surface area contributed by atoms with E-state index in [1.807, 2.05) is 0 Å². The van der Waals surface area contributed by atoms with E-state index in [0.29, 0.717) is 13.0 Å². The number of nitrogens with one attached hydrogen (secondary N) is 1. The lowest BCUT2D eigenvalue weighted by Gasteiger charge is -2.29. The van der Waals surface area contributed by atoms with Gasteiger partial charge in [-0.2, -0.15) is 13.2 Å². The molecular formula is C11H10F4N2O4. The van der Waals surface area contributed by atoms with Gasteiger partial charge in [0, 0.05) is 0 Å². The van der Waals surface area contributed by atoms with Gasteiger partial charge in [0.1, 0.15) is 11.5 Å². The second-order valence-electron chi connectivity index (χ2n) is 4.43. The van der Waals surface area contributed by atoms with Crippen LogP contribution in [0.4, 0.5) is 28.9 Å². The molecule has 1 aromatic rings. The van der Waals surface area contributed by atoms with Crippen LogP contribution >= 0.6 is 0 Å². The number of halogens is 4. The monoisotopic (exact) mass is 310 g/mol. The summed E-state index contributed by atoms with van der Waals surface area (Å²) in [4.78, 5) is 20.5. The molecule has 0 radical (unpaired) electrons. The Kier molecular flexibility index (Phi) is 4.11. The molecule has 0 aliphatic rings. The molecule has 116 valence electrons. The summed E-state index contributed by atoms with van der Waals surface area (Å²) < 4.78 is 51.9. The Balaban J connectivity index is 3.44. The fourth-order valence-corrected chi connectivity index (χ4v) is 1.44. The number of anilines is 1. The highest BCUT2D eigenvalue weighted by Crippen LogP contribution is 2.37. The van der Waals surface area contributed by atoms with Gasteiger partial charge in [-0.05, 0) is 25.5 Å². The van der Waals surface area contributed by atoms with E-state index >= 15 is 0 Å². The molecule has 0 amide bonds. The van der Waals surface area contributed by atoms with Gasteiger partial charge < -0.3 is 10.4 Å². The van der Waals surface area contributed by atoms with Crippen LogP contribution in [0.2, 0.25) is 0 Å². The van der Waals surface area contributed by atoms with Gasteiger partial charge in [-0.3, -0.25) is 10.1 Å². The van der Waals surface area contributed by atoms with Gasteiger partial charge in [-0.1, -0.05) is 0 Å². The summed E-state index contributed by atoms with van der Waals surface area (Å²) in [5.74, 6) is -3.26. The number of carboxylic acid groups (broad SMARTS) is 1. The van der Waals surface area contributed by atoms with Crippen molar-refractivity contribution in [2.75, 3.05) is 5.32 Å². The average molecular weight is 310 g/mol. The van der Waals surface area contributed by atoms with Crippen LogP contribution in [0, 0.1) is 22.9 Å². The molecule has 1 rings (SSSR count). The molecule has 0 spiro atoms. The maximum absolute atomic E-state index is 13.3. The van der Waals surface area contributed by atoms with Crippen LogP contribution in [-0.4, -0.2) is 27.7 Å². The summed E-state index contributed by atoms with van der Waals surface area (Å²) in [6, 6.07) is 1.18. The Hall–Kier alpha value is -2.39. The lowest BCUT2D eigenvalue weighted by atomic mass is 10.0. The molecule has 0 aromatic heterocycles. The van der Waals surface area contributed by atoms with Crippen LogP contribution in [0.15, 0.2) is 12.1 Å². The van der Waals surface area contributed by atoms with Crippen molar-refractivity contribution in [2.45, 2.75) is 25.6 Å². The first-order valence-electron chi connectivity index (χ1n) is 5.43. The largest absolute Gasteiger partial charge is 0.479 e. The van der Waals surface area contributed by atoms with E-state index in [0.717, 1.165) is 6.07 Å². The number of rotatable bonds is 4.